The van der Waals surface area contributed by atoms with Crippen LogP contribution in [0.1, 0.15) is 45.3 Å². The number of hydrogen-bond donors (Lipinski definition) is 1. The Bertz CT molecular complexity index is 307. The Morgan fingerprint density at radius 2 is 2.12 bits per heavy atom. The van der Waals surface area contributed by atoms with Crippen LogP contribution in [-0.2, 0) is 11.3 Å². The Balaban J connectivity index is 2.45. The summed E-state index contributed by atoms with van der Waals surface area (Å²) in [5, 5.41) is 7.98. The molecule has 98 valence electrons. The zero-order chi connectivity index (χ0) is 12.7. The van der Waals surface area contributed by atoms with Gasteiger partial charge in [-0.2, -0.15) is 5.10 Å². The van der Waals surface area contributed by atoms with E-state index in [1.165, 1.54) is 0 Å². The molecule has 0 aliphatic rings. The summed E-state index contributed by atoms with van der Waals surface area (Å²) < 4.78 is 7.16. The van der Waals surface area contributed by atoms with Crippen LogP contribution in [0.15, 0.2) is 12.3 Å². The fraction of sp³-hybridized carbons (Fsp3) is 0.769. The van der Waals surface area contributed by atoms with Crippen LogP contribution in [0, 0.1) is 0 Å². The number of nitrogens with zero attached hydrogens (tertiary/aromatic N) is 2. The van der Waals surface area contributed by atoms with E-state index < -0.39 is 0 Å². The van der Waals surface area contributed by atoms with Gasteiger partial charge in [0.25, 0.3) is 0 Å². The highest BCUT2D eigenvalue weighted by Crippen LogP contribution is 2.14. The first-order valence-electron chi connectivity index (χ1n) is 6.47. The summed E-state index contributed by atoms with van der Waals surface area (Å²) in [4.78, 5) is 0. The van der Waals surface area contributed by atoms with Gasteiger partial charge in [-0.15, -0.1) is 0 Å². The maximum atomic E-state index is 5.08. The van der Waals surface area contributed by atoms with Crippen LogP contribution in [0.25, 0.3) is 0 Å². The van der Waals surface area contributed by atoms with Crippen molar-refractivity contribution >= 4 is 0 Å². The summed E-state index contributed by atoms with van der Waals surface area (Å²) in [6.07, 6.45) is 4.34. The van der Waals surface area contributed by atoms with E-state index in [1.54, 1.807) is 7.11 Å². The molecule has 4 nitrogen and oxygen atoms in total. The lowest BCUT2D eigenvalue weighted by Gasteiger charge is -2.13. The van der Waals surface area contributed by atoms with E-state index in [9.17, 15) is 0 Å². The monoisotopic (exact) mass is 239 g/mol. The van der Waals surface area contributed by atoms with Crippen molar-refractivity contribution in [2.75, 3.05) is 13.7 Å². The summed E-state index contributed by atoms with van der Waals surface area (Å²) in [5.41, 5.74) is 1.10. The van der Waals surface area contributed by atoms with E-state index in [2.05, 4.69) is 48.1 Å². The molecule has 1 aromatic rings. The molecule has 17 heavy (non-hydrogen) atoms. The minimum absolute atomic E-state index is 0.360. The molecule has 1 unspecified atom stereocenters. The van der Waals surface area contributed by atoms with E-state index in [1.807, 2.05) is 0 Å². The average Bonchev–Trinajstić information content (AvgIpc) is 2.77. The summed E-state index contributed by atoms with van der Waals surface area (Å²) in [6, 6.07) is 2.98. The van der Waals surface area contributed by atoms with E-state index in [0.29, 0.717) is 12.1 Å². The van der Waals surface area contributed by atoms with Crippen LogP contribution < -0.4 is 5.32 Å². The molecule has 0 radical (unpaired) electrons. The predicted octanol–water partition coefficient (Wildman–Crippen LogP) is 2.37. The van der Waals surface area contributed by atoms with Gasteiger partial charge in [0.1, 0.15) is 0 Å². The van der Waals surface area contributed by atoms with E-state index >= 15 is 0 Å². The molecule has 0 amide bonds. The fourth-order valence-corrected chi connectivity index (χ4v) is 1.93. The molecule has 1 atom stereocenters. The highest BCUT2D eigenvalue weighted by Gasteiger charge is 2.08. The molecule has 0 spiro atoms. The summed E-state index contributed by atoms with van der Waals surface area (Å²) in [7, 11) is 1.72. The highest BCUT2D eigenvalue weighted by molar-refractivity contribution is 4.99. The van der Waals surface area contributed by atoms with Crippen LogP contribution in [0.5, 0.6) is 0 Å². The third-order valence-electron chi connectivity index (χ3n) is 3.03. The Hall–Kier alpha value is -0.870. The van der Waals surface area contributed by atoms with Gasteiger partial charge in [-0.25, -0.2) is 0 Å². The predicted molar refractivity (Wildman–Crippen MR) is 70.0 cm³/mol. The number of hydrogen-bond acceptors (Lipinski definition) is 3. The second-order valence-electron chi connectivity index (χ2n) is 4.49. The lowest BCUT2D eigenvalue weighted by molar-refractivity contribution is 0.171. The Morgan fingerprint density at radius 3 is 2.71 bits per heavy atom. The van der Waals surface area contributed by atoms with E-state index in [4.69, 9.17) is 4.74 Å². The lowest BCUT2D eigenvalue weighted by atomic mass is 10.2. The average molecular weight is 239 g/mol. The fourth-order valence-electron chi connectivity index (χ4n) is 1.93. The quantitative estimate of drug-likeness (QED) is 0.757. The number of rotatable bonds is 8. The molecular formula is C13H25N3O. The van der Waals surface area contributed by atoms with Crippen molar-refractivity contribution in [2.45, 2.75) is 52.2 Å². The SMILES string of the molecule is CCC(CC)n1ccc(CNC(C)COC)n1. The second-order valence-corrected chi connectivity index (χ2v) is 4.49. The normalized spacial score (nSPS) is 13.2. The zero-order valence-electron chi connectivity index (χ0n) is 11.4. The topological polar surface area (TPSA) is 39.1 Å². The summed E-state index contributed by atoms with van der Waals surface area (Å²) in [5.74, 6) is 0. The van der Waals surface area contributed by atoms with Crippen molar-refractivity contribution in [3.05, 3.63) is 18.0 Å². The van der Waals surface area contributed by atoms with Gasteiger partial charge < -0.3 is 10.1 Å². The molecule has 1 heterocycles. The molecule has 0 fully saturated rings. The second kappa shape index (κ2) is 7.45. The van der Waals surface area contributed by atoms with Crippen molar-refractivity contribution in [1.29, 1.82) is 0 Å². The third-order valence-corrected chi connectivity index (χ3v) is 3.03. The first-order chi connectivity index (χ1) is 8.21. The smallest absolute Gasteiger partial charge is 0.0762 e. The van der Waals surface area contributed by atoms with Crippen molar-refractivity contribution in [2.24, 2.45) is 0 Å². The summed E-state index contributed by atoms with van der Waals surface area (Å²) in [6.45, 7) is 8.05. The Morgan fingerprint density at radius 1 is 1.41 bits per heavy atom. The molecule has 0 saturated heterocycles. The lowest BCUT2D eigenvalue weighted by Crippen LogP contribution is -2.29. The minimum Gasteiger partial charge on any atom is -0.383 e. The molecule has 0 bridgehead atoms. The summed E-state index contributed by atoms with van der Waals surface area (Å²) >= 11 is 0. The Labute approximate surface area is 104 Å². The van der Waals surface area contributed by atoms with Crippen LogP contribution in [-0.4, -0.2) is 29.5 Å². The van der Waals surface area contributed by atoms with Gasteiger partial charge in [0.05, 0.1) is 18.3 Å². The van der Waals surface area contributed by atoms with E-state index in [0.717, 1.165) is 31.7 Å². The molecular weight excluding hydrogens is 214 g/mol. The minimum atomic E-state index is 0.360. The van der Waals surface area contributed by atoms with Crippen LogP contribution >= 0.6 is 0 Å². The molecule has 1 N–H and O–H groups in total. The maximum Gasteiger partial charge on any atom is 0.0762 e. The first kappa shape index (κ1) is 14.2. The van der Waals surface area contributed by atoms with Crippen LogP contribution in [0.3, 0.4) is 0 Å². The number of aromatic nitrogens is 2. The van der Waals surface area contributed by atoms with Crippen molar-refractivity contribution < 1.29 is 4.74 Å². The number of nitrogens with one attached hydrogen (secondary N) is 1. The third kappa shape index (κ3) is 4.48. The molecule has 1 aromatic heterocycles. The van der Waals surface area contributed by atoms with Crippen LogP contribution in [0.2, 0.25) is 0 Å². The number of methoxy groups -OCH3 is 1. The number of ether oxygens (including phenoxy) is 1. The zero-order valence-corrected chi connectivity index (χ0v) is 11.4. The molecule has 0 aliphatic carbocycles. The Kier molecular flexibility index (Phi) is 6.22. The van der Waals surface area contributed by atoms with Gasteiger partial charge in [-0.3, -0.25) is 4.68 Å². The molecule has 0 aromatic carbocycles. The van der Waals surface area contributed by atoms with Gasteiger partial charge in [-0.05, 0) is 25.8 Å². The standard InChI is InChI=1S/C13H25N3O/c1-5-13(6-2)16-8-7-12(15-16)9-14-11(3)10-17-4/h7-8,11,13-14H,5-6,9-10H2,1-4H3. The molecule has 1 rings (SSSR count). The van der Waals surface area contributed by atoms with Crippen molar-refractivity contribution in [3.8, 4) is 0 Å². The van der Waals surface area contributed by atoms with E-state index in [-0.39, 0.29) is 0 Å². The maximum absolute atomic E-state index is 5.08. The molecule has 4 heteroatoms. The highest BCUT2D eigenvalue weighted by atomic mass is 16.5. The largest absolute Gasteiger partial charge is 0.383 e. The van der Waals surface area contributed by atoms with Gasteiger partial charge in [0, 0.05) is 25.9 Å². The molecule has 0 aliphatic heterocycles. The van der Waals surface area contributed by atoms with Crippen molar-refractivity contribution in [1.82, 2.24) is 15.1 Å². The van der Waals surface area contributed by atoms with Crippen molar-refractivity contribution in [3.63, 3.8) is 0 Å². The van der Waals surface area contributed by atoms with Gasteiger partial charge >= 0.3 is 0 Å². The van der Waals surface area contributed by atoms with Gasteiger partial charge in [0.15, 0.2) is 0 Å². The first-order valence-corrected chi connectivity index (χ1v) is 6.47. The van der Waals surface area contributed by atoms with Gasteiger partial charge in [-0.1, -0.05) is 13.8 Å². The van der Waals surface area contributed by atoms with Crippen LogP contribution in [0.4, 0.5) is 0 Å². The van der Waals surface area contributed by atoms with Gasteiger partial charge in [0.2, 0.25) is 0 Å². The molecule has 0 saturated carbocycles.